The number of aryl methyl sites for hydroxylation is 2. The van der Waals surface area contributed by atoms with Gasteiger partial charge >= 0.3 is 5.97 Å². The van der Waals surface area contributed by atoms with Crippen LogP contribution < -0.4 is 10.5 Å². The van der Waals surface area contributed by atoms with Crippen molar-refractivity contribution >= 4 is 30.8 Å². The molecule has 7 heteroatoms. The summed E-state index contributed by atoms with van der Waals surface area (Å²) in [5.74, 6) is -0.163. The van der Waals surface area contributed by atoms with Crippen molar-refractivity contribution < 1.29 is 14.6 Å². The molecule has 1 aromatic heterocycles. The number of carboxylic acid groups (broad SMARTS) is 1. The first-order chi connectivity index (χ1) is 15.6. The van der Waals surface area contributed by atoms with Crippen LogP contribution in [0.15, 0.2) is 48.5 Å². The number of nitrogens with two attached hydrogens (primary N) is 1. The molecule has 0 spiro atoms. The molecule has 0 radical (unpaired) electrons. The fourth-order valence-corrected chi connectivity index (χ4v) is 3.99. The summed E-state index contributed by atoms with van der Waals surface area (Å²) in [6.07, 6.45) is 0.835. The Hall–Kier alpha value is -2.60. The van der Waals surface area contributed by atoms with Crippen LogP contribution in [0.5, 0.6) is 5.75 Å². The third-order valence-electron chi connectivity index (χ3n) is 5.60. The average Bonchev–Trinajstić information content (AvgIpc) is 2.73. The number of pyridine rings is 1. The Morgan fingerprint density at radius 3 is 2.09 bits per heavy atom. The predicted molar refractivity (Wildman–Crippen MR) is 147 cm³/mol. The van der Waals surface area contributed by atoms with Crippen LogP contribution in [-0.2, 0) is 30.8 Å². The Balaban J connectivity index is 0.00000306. The normalized spacial score (nSPS) is 10.8. The van der Waals surface area contributed by atoms with Gasteiger partial charge in [0.25, 0.3) is 0 Å². The summed E-state index contributed by atoms with van der Waals surface area (Å²) < 4.78 is 6.13. The third kappa shape index (κ3) is 8.24. The zero-order valence-electron chi connectivity index (χ0n) is 21.1. The fraction of sp³-hybridized carbons (Fsp3) is 0.357. The fourth-order valence-electron chi connectivity index (χ4n) is 3.99. The van der Waals surface area contributed by atoms with Gasteiger partial charge in [-0.15, -0.1) is 24.8 Å². The van der Waals surface area contributed by atoms with Crippen molar-refractivity contribution in [3.8, 4) is 16.9 Å². The number of nitrogens with zero attached hydrogens (tertiary/aromatic N) is 1. The molecule has 0 bridgehead atoms. The maximum Gasteiger partial charge on any atom is 0.307 e. The monoisotopic (exact) mass is 518 g/mol. The van der Waals surface area contributed by atoms with Gasteiger partial charge in [-0.25, -0.2) is 0 Å². The molecule has 0 unspecified atom stereocenters. The third-order valence-corrected chi connectivity index (χ3v) is 5.60. The van der Waals surface area contributed by atoms with Gasteiger partial charge in [0.15, 0.2) is 0 Å². The first kappa shape index (κ1) is 30.4. The lowest BCUT2D eigenvalue weighted by Crippen LogP contribution is -2.18. The Morgan fingerprint density at radius 1 is 0.971 bits per heavy atom. The molecule has 0 amide bonds. The van der Waals surface area contributed by atoms with Crippen molar-refractivity contribution in [2.45, 2.75) is 60.6 Å². The number of carbonyl (C=O) groups is 1. The maximum absolute atomic E-state index is 10.9. The molecule has 0 atom stereocenters. The van der Waals surface area contributed by atoms with Crippen LogP contribution in [-0.4, -0.2) is 16.1 Å². The van der Waals surface area contributed by atoms with E-state index in [1.807, 2.05) is 19.1 Å². The van der Waals surface area contributed by atoms with Crippen molar-refractivity contribution in [3.05, 3.63) is 82.2 Å². The summed E-state index contributed by atoms with van der Waals surface area (Å²) in [5.41, 5.74) is 14.6. The van der Waals surface area contributed by atoms with E-state index in [9.17, 15) is 4.79 Å². The number of rotatable bonds is 8. The lowest BCUT2D eigenvalue weighted by molar-refractivity contribution is -0.136. The second-order valence-corrected chi connectivity index (χ2v) is 9.79. The molecule has 1 heterocycles. The van der Waals surface area contributed by atoms with Gasteiger partial charge < -0.3 is 15.6 Å². The van der Waals surface area contributed by atoms with E-state index >= 15 is 0 Å². The van der Waals surface area contributed by atoms with Gasteiger partial charge in [-0.2, -0.15) is 0 Å². The minimum Gasteiger partial charge on any atom is -0.489 e. The summed E-state index contributed by atoms with van der Waals surface area (Å²) in [6, 6.07) is 15.7. The molecule has 0 aliphatic carbocycles. The highest BCUT2D eigenvalue weighted by Crippen LogP contribution is 2.34. The first-order valence-electron chi connectivity index (χ1n) is 11.3. The number of carboxylic acids is 1. The second-order valence-electron chi connectivity index (χ2n) is 9.79. The van der Waals surface area contributed by atoms with E-state index in [-0.39, 0.29) is 36.6 Å². The molecule has 0 aliphatic heterocycles. The predicted octanol–water partition coefficient (Wildman–Crippen LogP) is 6.46. The van der Waals surface area contributed by atoms with Crippen molar-refractivity contribution in [2.24, 2.45) is 11.1 Å². The molecule has 35 heavy (non-hydrogen) atoms. The summed E-state index contributed by atoms with van der Waals surface area (Å²) in [7, 11) is 0. The van der Waals surface area contributed by atoms with Crippen LogP contribution in [0, 0.1) is 19.3 Å². The van der Waals surface area contributed by atoms with Gasteiger partial charge in [-0.1, -0.05) is 62.7 Å². The Morgan fingerprint density at radius 2 is 1.57 bits per heavy atom. The van der Waals surface area contributed by atoms with Crippen molar-refractivity contribution in [3.63, 3.8) is 0 Å². The highest BCUT2D eigenvalue weighted by atomic mass is 35.5. The molecule has 0 saturated carbocycles. The first-order valence-corrected chi connectivity index (χ1v) is 11.3. The molecule has 5 nitrogen and oxygen atoms in total. The minimum absolute atomic E-state index is 0. The SMILES string of the molecule is Cc1ccc(-c2c(COc3ccc(CC(=O)O)cc3)c(C)nc(CC(C)(C)C)c2CN)cc1.Cl.Cl. The quantitative estimate of drug-likeness (QED) is 0.357. The molecular weight excluding hydrogens is 483 g/mol. The molecule has 0 aliphatic rings. The number of halogens is 2. The van der Waals surface area contributed by atoms with E-state index in [4.69, 9.17) is 20.6 Å². The average molecular weight is 520 g/mol. The summed E-state index contributed by atoms with van der Waals surface area (Å²) in [5, 5.41) is 8.97. The smallest absolute Gasteiger partial charge is 0.307 e. The molecule has 3 aromatic rings. The van der Waals surface area contributed by atoms with Gasteiger partial charge in [-0.05, 0) is 60.1 Å². The van der Waals surface area contributed by atoms with Crippen LogP contribution in [0.25, 0.3) is 11.1 Å². The number of hydrogen-bond acceptors (Lipinski definition) is 4. The minimum atomic E-state index is -0.849. The van der Waals surface area contributed by atoms with Gasteiger partial charge in [0.05, 0.1) is 6.42 Å². The van der Waals surface area contributed by atoms with Crippen LogP contribution in [0.1, 0.15) is 54.4 Å². The lowest BCUT2D eigenvalue weighted by atomic mass is 9.85. The number of benzene rings is 2. The van der Waals surface area contributed by atoms with E-state index in [1.165, 1.54) is 5.56 Å². The molecule has 0 fully saturated rings. The summed E-state index contributed by atoms with van der Waals surface area (Å²) >= 11 is 0. The lowest BCUT2D eigenvalue weighted by Gasteiger charge is -2.24. The zero-order valence-corrected chi connectivity index (χ0v) is 22.7. The van der Waals surface area contributed by atoms with E-state index in [0.717, 1.165) is 45.6 Å². The van der Waals surface area contributed by atoms with E-state index in [1.54, 1.807) is 12.1 Å². The van der Waals surface area contributed by atoms with Crippen LogP contribution in [0.2, 0.25) is 0 Å². The van der Waals surface area contributed by atoms with Crippen molar-refractivity contribution in [2.75, 3.05) is 0 Å². The topological polar surface area (TPSA) is 85.4 Å². The number of ether oxygens (including phenoxy) is 1. The van der Waals surface area contributed by atoms with Gasteiger partial charge in [0.2, 0.25) is 0 Å². The molecule has 190 valence electrons. The highest BCUT2D eigenvalue weighted by Gasteiger charge is 2.22. The standard InChI is InChI=1S/C28H34N2O3.2ClH/c1-18-6-10-21(11-7-18)27-23(16-29)25(15-28(3,4)5)30-19(2)24(27)17-33-22-12-8-20(9-13-22)14-26(31)32;;/h6-13H,14-17,29H2,1-5H3,(H,31,32);2*1H. The molecule has 0 saturated heterocycles. The second kappa shape index (κ2) is 12.9. The number of aromatic nitrogens is 1. The molecule has 3 rings (SSSR count). The summed E-state index contributed by atoms with van der Waals surface area (Å²) in [6.45, 7) is 11.5. The van der Waals surface area contributed by atoms with Gasteiger partial charge in [0, 0.05) is 23.5 Å². The Labute approximate surface area is 220 Å². The van der Waals surface area contributed by atoms with Crippen LogP contribution >= 0.6 is 24.8 Å². The maximum atomic E-state index is 10.9. The van der Waals surface area contributed by atoms with E-state index in [2.05, 4.69) is 52.0 Å². The van der Waals surface area contributed by atoms with Gasteiger partial charge in [-0.3, -0.25) is 9.78 Å². The molecule has 3 N–H and O–H groups in total. The van der Waals surface area contributed by atoms with Crippen molar-refractivity contribution in [1.29, 1.82) is 0 Å². The van der Waals surface area contributed by atoms with Crippen LogP contribution in [0.3, 0.4) is 0 Å². The Bertz CT molecular complexity index is 1120. The van der Waals surface area contributed by atoms with Crippen molar-refractivity contribution in [1.82, 2.24) is 4.98 Å². The Kier molecular flexibility index (Phi) is 11.2. The summed E-state index contributed by atoms with van der Waals surface area (Å²) in [4.78, 5) is 15.9. The molecular formula is C28H36Cl2N2O3. The van der Waals surface area contributed by atoms with E-state index in [0.29, 0.717) is 18.9 Å². The van der Waals surface area contributed by atoms with E-state index < -0.39 is 5.97 Å². The highest BCUT2D eigenvalue weighted by molar-refractivity contribution is 5.85. The molecule has 2 aromatic carbocycles. The number of hydrogen-bond donors (Lipinski definition) is 2. The van der Waals surface area contributed by atoms with Crippen LogP contribution in [0.4, 0.5) is 0 Å². The van der Waals surface area contributed by atoms with Gasteiger partial charge in [0.1, 0.15) is 12.4 Å². The zero-order chi connectivity index (χ0) is 24.2. The number of aliphatic carboxylic acids is 1. The largest absolute Gasteiger partial charge is 0.489 e.